The highest BCUT2D eigenvalue weighted by molar-refractivity contribution is 5.04. The van der Waals surface area contributed by atoms with Crippen LogP contribution in [-0.4, -0.2) is 13.2 Å². The fraction of sp³-hybridized carbons (Fsp3) is 0.737. The molecule has 0 spiro atoms. The molecule has 0 aromatic carbocycles. The van der Waals surface area contributed by atoms with Crippen LogP contribution in [0.15, 0.2) is 49.1 Å². The maximum atomic E-state index is 5.98. The zero-order valence-electron chi connectivity index (χ0n) is 28.5. The molecule has 2 rings (SSSR count). The number of halogens is 2. The van der Waals surface area contributed by atoms with Gasteiger partial charge in [-0.2, -0.15) is 0 Å². The minimum absolute atomic E-state index is 0. The summed E-state index contributed by atoms with van der Waals surface area (Å²) < 4.78 is 16.6. The summed E-state index contributed by atoms with van der Waals surface area (Å²) in [5.41, 5.74) is 2.57. The maximum absolute atomic E-state index is 5.98. The number of ether oxygens (including phenoxy) is 2. The number of aryl methyl sites for hydroxylation is 2. The number of nitrogens with zero attached hydrogens (tertiary/aromatic N) is 2. The van der Waals surface area contributed by atoms with Crippen LogP contribution in [0.3, 0.4) is 0 Å². The number of hydrogen-bond donors (Lipinski definition) is 0. The van der Waals surface area contributed by atoms with Gasteiger partial charge in [-0.05, 0) is 37.8 Å². The number of rotatable bonds is 29. The lowest BCUT2D eigenvalue weighted by Gasteiger charge is -2.06. The second-order valence-corrected chi connectivity index (χ2v) is 12.4. The average Bonchev–Trinajstić information content (AvgIpc) is 3.01. The first-order valence-electron chi connectivity index (χ1n) is 17.9. The Hall–Kier alpha value is -0.820. The van der Waals surface area contributed by atoms with Gasteiger partial charge in [0.25, 0.3) is 0 Å². The van der Waals surface area contributed by atoms with Crippen LogP contribution < -0.4 is 43.1 Å². The Morgan fingerprint density at radius 1 is 0.455 bits per heavy atom. The Morgan fingerprint density at radius 3 is 1.18 bits per heavy atom. The molecular weight excluding hydrogens is 676 g/mol. The fourth-order valence-electron chi connectivity index (χ4n) is 5.60. The molecule has 2 heterocycles. The molecule has 0 fully saturated rings. The van der Waals surface area contributed by atoms with Gasteiger partial charge in [0, 0.05) is 49.3 Å². The van der Waals surface area contributed by atoms with Gasteiger partial charge < -0.3 is 43.4 Å². The molecule has 2 aromatic heterocycles. The van der Waals surface area contributed by atoms with Crippen LogP contribution in [-0.2, 0) is 35.8 Å². The van der Waals surface area contributed by atoms with Gasteiger partial charge in [-0.25, -0.2) is 9.13 Å². The van der Waals surface area contributed by atoms with Gasteiger partial charge >= 0.3 is 0 Å². The molecule has 254 valence electrons. The minimum Gasteiger partial charge on any atom is -1.00 e. The van der Waals surface area contributed by atoms with Gasteiger partial charge in [0.05, 0.1) is 13.2 Å². The number of hydrogen-bond acceptors (Lipinski definition) is 2. The molecule has 0 radical (unpaired) electrons. The van der Waals surface area contributed by atoms with E-state index in [4.69, 9.17) is 9.47 Å². The van der Waals surface area contributed by atoms with Crippen LogP contribution in [0, 0.1) is 0 Å². The van der Waals surface area contributed by atoms with E-state index < -0.39 is 0 Å². The predicted octanol–water partition coefficient (Wildman–Crippen LogP) is 3.84. The highest BCUT2D eigenvalue weighted by Crippen LogP contribution is 2.10. The summed E-state index contributed by atoms with van der Waals surface area (Å²) in [4.78, 5) is 0. The van der Waals surface area contributed by atoms with E-state index in [1.165, 1.54) is 127 Å². The largest absolute Gasteiger partial charge is 1.00 e. The van der Waals surface area contributed by atoms with Crippen molar-refractivity contribution >= 4 is 0 Å². The van der Waals surface area contributed by atoms with Crippen molar-refractivity contribution < 1.29 is 52.6 Å². The zero-order valence-corrected chi connectivity index (χ0v) is 31.6. The van der Waals surface area contributed by atoms with Crippen LogP contribution in [0.25, 0.3) is 0 Å². The first kappa shape index (κ1) is 43.2. The Balaban J connectivity index is 0.00000924. The van der Waals surface area contributed by atoms with Crippen LogP contribution >= 0.6 is 0 Å². The van der Waals surface area contributed by atoms with Crippen molar-refractivity contribution in [2.45, 2.75) is 169 Å². The summed E-state index contributed by atoms with van der Waals surface area (Å²) >= 11 is 0. The van der Waals surface area contributed by atoms with E-state index in [-0.39, 0.29) is 34.0 Å². The van der Waals surface area contributed by atoms with E-state index in [0.29, 0.717) is 0 Å². The second-order valence-electron chi connectivity index (χ2n) is 12.4. The van der Waals surface area contributed by atoms with Crippen molar-refractivity contribution in [3.05, 3.63) is 60.2 Å². The van der Waals surface area contributed by atoms with Gasteiger partial charge in [-0.15, -0.1) is 0 Å². The van der Waals surface area contributed by atoms with Gasteiger partial charge in [0.1, 0.15) is 13.1 Å². The SMILES string of the molecule is CCCCCCCCCC[n+]1cccc(COCCCCCCOCc2ccc[n+](CCCCCCCCCC)c2)c1.[Br-].[Br-]. The first-order chi connectivity index (χ1) is 20.8. The third-order valence-electron chi connectivity index (χ3n) is 8.24. The van der Waals surface area contributed by atoms with Gasteiger partial charge in [0.15, 0.2) is 24.8 Å². The number of aromatic nitrogens is 2. The van der Waals surface area contributed by atoms with Crippen LogP contribution in [0.1, 0.15) is 153 Å². The fourth-order valence-corrected chi connectivity index (χ4v) is 5.60. The third kappa shape index (κ3) is 24.4. The monoisotopic (exact) mass is 740 g/mol. The summed E-state index contributed by atoms with van der Waals surface area (Å²) in [5, 5.41) is 0. The predicted molar refractivity (Wildman–Crippen MR) is 176 cm³/mol. The summed E-state index contributed by atoms with van der Waals surface area (Å²) in [6.07, 6.45) is 35.5. The molecule has 0 saturated heterocycles. The molecule has 0 unspecified atom stereocenters. The smallest absolute Gasteiger partial charge is 0.174 e. The molecule has 0 amide bonds. The standard InChI is InChI=1S/C38H66N2O2.2BrH/c1-3-5-7-9-11-13-15-19-27-39-29-23-25-37(33-39)35-41-31-21-17-18-22-32-42-36-38-26-24-30-40(34-38)28-20-16-14-12-10-8-6-4-2;;/h23-26,29-30,33-34H,3-22,27-28,31-32,35-36H2,1-2H3;2*1H/q+2;;/p-2. The van der Waals surface area contributed by atoms with Gasteiger partial charge in [0.2, 0.25) is 0 Å². The summed E-state index contributed by atoms with van der Waals surface area (Å²) in [6.45, 7) is 9.94. The Bertz CT molecular complexity index is 812. The molecule has 0 aliphatic rings. The van der Waals surface area contributed by atoms with E-state index in [9.17, 15) is 0 Å². The van der Waals surface area contributed by atoms with E-state index in [1.807, 2.05) is 0 Å². The van der Waals surface area contributed by atoms with E-state index >= 15 is 0 Å². The normalized spacial score (nSPS) is 10.9. The minimum atomic E-state index is 0. The van der Waals surface area contributed by atoms with Crippen LogP contribution in [0.5, 0.6) is 0 Å². The Labute approximate surface area is 293 Å². The summed E-state index contributed by atoms with van der Waals surface area (Å²) in [6, 6.07) is 8.70. The third-order valence-corrected chi connectivity index (χ3v) is 8.24. The lowest BCUT2D eigenvalue weighted by atomic mass is 10.1. The number of pyridine rings is 2. The van der Waals surface area contributed by atoms with Crippen molar-refractivity contribution in [2.75, 3.05) is 13.2 Å². The molecule has 0 N–H and O–H groups in total. The van der Waals surface area contributed by atoms with Crippen molar-refractivity contribution in [3.63, 3.8) is 0 Å². The maximum Gasteiger partial charge on any atom is 0.174 e. The van der Waals surface area contributed by atoms with Crippen LogP contribution in [0.4, 0.5) is 0 Å². The number of unbranched alkanes of at least 4 members (excludes halogenated alkanes) is 17. The molecule has 0 aliphatic heterocycles. The molecule has 2 aromatic rings. The zero-order chi connectivity index (χ0) is 29.8. The quantitative estimate of drug-likeness (QED) is 0.0937. The molecule has 0 bridgehead atoms. The molecular formula is C38H66Br2N2O2. The van der Waals surface area contributed by atoms with Crippen molar-refractivity contribution in [1.29, 1.82) is 0 Å². The van der Waals surface area contributed by atoms with Crippen molar-refractivity contribution in [1.82, 2.24) is 0 Å². The molecule has 6 heteroatoms. The first-order valence-corrected chi connectivity index (χ1v) is 17.9. The van der Waals surface area contributed by atoms with Crippen molar-refractivity contribution in [2.24, 2.45) is 0 Å². The summed E-state index contributed by atoms with van der Waals surface area (Å²) in [5.74, 6) is 0. The molecule has 0 aliphatic carbocycles. The van der Waals surface area contributed by atoms with E-state index in [1.54, 1.807) is 0 Å². The highest BCUT2D eigenvalue weighted by atomic mass is 79.9. The molecule has 0 saturated carbocycles. The van der Waals surface area contributed by atoms with Crippen LogP contribution in [0.2, 0.25) is 0 Å². The van der Waals surface area contributed by atoms with E-state index in [0.717, 1.165) is 52.4 Å². The summed E-state index contributed by atoms with van der Waals surface area (Å²) in [7, 11) is 0. The molecule has 0 atom stereocenters. The topological polar surface area (TPSA) is 26.2 Å². The Morgan fingerprint density at radius 2 is 0.795 bits per heavy atom. The highest BCUT2D eigenvalue weighted by Gasteiger charge is 2.05. The van der Waals surface area contributed by atoms with E-state index in [2.05, 4.69) is 72.0 Å². The van der Waals surface area contributed by atoms with Crippen molar-refractivity contribution in [3.8, 4) is 0 Å². The lowest BCUT2D eigenvalue weighted by molar-refractivity contribution is -0.698. The van der Waals surface area contributed by atoms with Gasteiger partial charge in [-0.1, -0.05) is 104 Å². The van der Waals surface area contributed by atoms with Gasteiger partial charge in [-0.3, -0.25) is 0 Å². The second kappa shape index (κ2) is 32.1. The Kier molecular flexibility index (Phi) is 31.5. The molecule has 44 heavy (non-hydrogen) atoms. The lowest BCUT2D eigenvalue weighted by Crippen LogP contribution is -3.00. The average molecular weight is 743 g/mol. The molecule has 4 nitrogen and oxygen atoms in total.